The second-order valence-electron chi connectivity index (χ2n) is 6.11. The number of nitrogens with one attached hydrogen (secondary N) is 1. The molecule has 27 heavy (non-hydrogen) atoms. The zero-order valence-electron chi connectivity index (χ0n) is 15.0. The van der Waals surface area contributed by atoms with Crippen LogP contribution in [0.25, 0.3) is 11.2 Å². The molecule has 3 aromatic rings. The predicted molar refractivity (Wildman–Crippen MR) is 96.0 cm³/mol. The van der Waals surface area contributed by atoms with Crippen molar-refractivity contribution in [3.05, 3.63) is 62.3 Å². The van der Waals surface area contributed by atoms with E-state index in [0.29, 0.717) is 12.4 Å². The number of aromatic amines is 1. The first-order chi connectivity index (χ1) is 12.9. The Balaban J connectivity index is 1.91. The van der Waals surface area contributed by atoms with Crippen molar-refractivity contribution in [1.82, 2.24) is 19.1 Å². The second-order valence-corrected chi connectivity index (χ2v) is 6.11. The summed E-state index contributed by atoms with van der Waals surface area (Å²) in [6.45, 7) is 2.23. The van der Waals surface area contributed by atoms with Crippen LogP contribution in [0.3, 0.4) is 0 Å². The molecule has 0 spiro atoms. The molecule has 1 N–H and O–H groups in total. The third kappa shape index (κ3) is 3.67. The molecule has 1 aromatic carbocycles. The Hall–Kier alpha value is -3.23. The van der Waals surface area contributed by atoms with Crippen molar-refractivity contribution in [1.29, 1.82) is 0 Å². The van der Waals surface area contributed by atoms with E-state index in [1.807, 2.05) is 6.92 Å². The lowest BCUT2D eigenvalue weighted by molar-refractivity contribution is 0.0459. The number of aryl methyl sites for hydroxylation is 2. The van der Waals surface area contributed by atoms with E-state index in [1.54, 1.807) is 7.05 Å². The van der Waals surface area contributed by atoms with Gasteiger partial charge in [-0.3, -0.25) is 14.3 Å². The number of aromatic nitrogens is 4. The van der Waals surface area contributed by atoms with Crippen molar-refractivity contribution in [2.75, 3.05) is 0 Å². The molecular weight excluding hydrogens is 355 g/mol. The number of rotatable bonds is 6. The molecule has 0 aliphatic heterocycles. The summed E-state index contributed by atoms with van der Waals surface area (Å²) in [5.41, 5.74) is -0.373. The van der Waals surface area contributed by atoms with Crippen molar-refractivity contribution in [2.45, 2.75) is 32.9 Å². The standard InChI is InChI=1S/C18H19FN4O4/c1-3-4-9-23-15-14(16(24)21-18(23)26)22(2)13(20-15)10-27-17(25)11-5-7-12(19)8-6-11/h5-8H,3-4,9-10H2,1-2H3,(H,21,24,26). The Morgan fingerprint density at radius 2 is 1.96 bits per heavy atom. The number of ether oxygens (including phenoxy) is 1. The molecule has 3 rings (SSSR count). The molecule has 0 saturated carbocycles. The van der Waals surface area contributed by atoms with Crippen LogP contribution in [0.1, 0.15) is 35.9 Å². The SMILES string of the molecule is CCCCn1c(=O)[nH]c(=O)c2c1nc(COC(=O)c1ccc(F)cc1)n2C. The van der Waals surface area contributed by atoms with Gasteiger partial charge in [-0.05, 0) is 30.7 Å². The Kier molecular flexibility index (Phi) is 5.20. The fourth-order valence-corrected chi connectivity index (χ4v) is 2.74. The highest BCUT2D eigenvalue weighted by molar-refractivity contribution is 5.89. The summed E-state index contributed by atoms with van der Waals surface area (Å²) in [7, 11) is 1.61. The van der Waals surface area contributed by atoms with Gasteiger partial charge in [-0.15, -0.1) is 0 Å². The van der Waals surface area contributed by atoms with Gasteiger partial charge >= 0.3 is 11.7 Å². The average molecular weight is 374 g/mol. The zero-order valence-corrected chi connectivity index (χ0v) is 15.0. The number of unbranched alkanes of at least 4 members (excludes halogenated alkanes) is 1. The van der Waals surface area contributed by atoms with E-state index in [9.17, 15) is 18.8 Å². The number of carbonyl (C=O) groups is 1. The third-order valence-corrected chi connectivity index (χ3v) is 4.25. The van der Waals surface area contributed by atoms with Gasteiger partial charge in [0.2, 0.25) is 0 Å². The van der Waals surface area contributed by atoms with Crippen LogP contribution in [-0.2, 0) is 24.9 Å². The maximum absolute atomic E-state index is 12.9. The number of fused-ring (bicyclic) bond motifs is 1. The molecule has 0 amide bonds. The van der Waals surface area contributed by atoms with Gasteiger partial charge in [-0.1, -0.05) is 13.3 Å². The van der Waals surface area contributed by atoms with Gasteiger partial charge in [-0.25, -0.2) is 19.0 Å². The number of carbonyl (C=O) groups excluding carboxylic acids is 1. The molecule has 0 aliphatic carbocycles. The molecule has 9 heteroatoms. The van der Waals surface area contributed by atoms with Crippen molar-refractivity contribution in [3.63, 3.8) is 0 Å². The Bertz CT molecular complexity index is 1100. The van der Waals surface area contributed by atoms with Gasteiger partial charge in [0.15, 0.2) is 11.2 Å². The van der Waals surface area contributed by atoms with Crippen molar-refractivity contribution in [3.8, 4) is 0 Å². The number of H-pyrrole nitrogens is 1. The smallest absolute Gasteiger partial charge is 0.338 e. The van der Waals surface area contributed by atoms with E-state index in [2.05, 4.69) is 9.97 Å². The Morgan fingerprint density at radius 3 is 2.63 bits per heavy atom. The fraction of sp³-hybridized carbons (Fsp3) is 0.333. The molecule has 0 fully saturated rings. The minimum Gasteiger partial charge on any atom is -0.454 e. The largest absolute Gasteiger partial charge is 0.454 e. The number of benzene rings is 1. The summed E-state index contributed by atoms with van der Waals surface area (Å²) in [5.74, 6) is -0.771. The molecule has 0 aliphatic rings. The second kappa shape index (κ2) is 7.56. The van der Waals surface area contributed by atoms with Crippen molar-refractivity contribution < 1.29 is 13.9 Å². The van der Waals surface area contributed by atoms with Gasteiger partial charge < -0.3 is 9.30 Å². The van der Waals surface area contributed by atoms with E-state index in [4.69, 9.17) is 4.74 Å². The van der Waals surface area contributed by atoms with Crippen LogP contribution in [0.4, 0.5) is 4.39 Å². The highest BCUT2D eigenvalue weighted by Crippen LogP contribution is 2.12. The minimum absolute atomic E-state index is 0.192. The summed E-state index contributed by atoms with van der Waals surface area (Å²) in [4.78, 5) is 43.0. The van der Waals surface area contributed by atoms with Crippen LogP contribution >= 0.6 is 0 Å². The summed E-state index contributed by atoms with van der Waals surface area (Å²) in [6.07, 6.45) is 1.63. The van der Waals surface area contributed by atoms with Crippen LogP contribution in [0, 0.1) is 5.82 Å². The molecule has 8 nitrogen and oxygen atoms in total. The molecule has 0 atom stereocenters. The van der Waals surface area contributed by atoms with E-state index in [-0.39, 0.29) is 23.3 Å². The van der Waals surface area contributed by atoms with Gasteiger partial charge in [0.05, 0.1) is 5.56 Å². The van der Waals surface area contributed by atoms with E-state index in [0.717, 1.165) is 25.0 Å². The van der Waals surface area contributed by atoms with Crippen LogP contribution in [0.2, 0.25) is 0 Å². The minimum atomic E-state index is -0.640. The lowest BCUT2D eigenvalue weighted by Crippen LogP contribution is -2.31. The lowest BCUT2D eigenvalue weighted by Gasteiger charge is -2.05. The van der Waals surface area contributed by atoms with Crippen LogP contribution in [-0.4, -0.2) is 25.1 Å². The van der Waals surface area contributed by atoms with E-state index in [1.165, 1.54) is 21.3 Å². The first-order valence-corrected chi connectivity index (χ1v) is 8.53. The first-order valence-electron chi connectivity index (χ1n) is 8.53. The quantitative estimate of drug-likeness (QED) is 0.663. The third-order valence-electron chi connectivity index (χ3n) is 4.25. The molecule has 0 unspecified atom stereocenters. The maximum Gasteiger partial charge on any atom is 0.338 e. The molecule has 0 radical (unpaired) electrons. The highest BCUT2D eigenvalue weighted by Gasteiger charge is 2.17. The summed E-state index contributed by atoms with van der Waals surface area (Å²) < 4.78 is 21.1. The zero-order chi connectivity index (χ0) is 19.6. The number of imidazole rings is 1. The fourth-order valence-electron chi connectivity index (χ4n) is 2.74. The number of halogens is 1. The lowest BCUT2D eigenvalue weighted by atomic mass is 10.2. The van der Waals surface area contributed by atoms with Crippen LogP contribution < -0.4 is 11.2 Å². The van der Waals surface area contributed by atoms with Crippen molar-refractivity contribution in [2.24, 2.45) is 7.05 Å². The number of hydrogen-bond donors (Lipinski definition) is 1. The summed E-state index contributed by atoms with van der Waals surface area (Å²) in [6, 6.07) is 4.97. The average Bonchev–Trinajstić information content (AvgIpc) is 2.97. The van der Waals surface area contributed by atoms with Crippen LogP contribution in [0.15, 0.2) is 33.9 Å². The van der Waals surface area contributed by atoms with Gasteiger partial charge in [0, 0.05) is 13.6 Å². The topological polar surface area (TPSA) is 99.0 Å². The first kappa shape index (κ1) is 18.6. The number of nitrogens with zero attached hydrogens (tertiary/aromatic N) is 3. The van der Waals surface area contributed by atoms with E-state index < -0.39 is 23.0 Å². The molecule has 0 bridgehead atoms. The van der Waals surface area contributed by atoms with Gasteiger partial charge in [0.1, 0.15) is 18.2 Å². The molecular formula is C18H19FN4O4. The summed E-state index contributed by atoms with van der Waals surface area (Å²) in [5, 5.41) is 0. The van der Waals surface area contributed by atoms with Crippen molar-refractivity contribution >= 4 is 17.1 Å². The number of hydrogen-bond acceptors (Lipinski definition) is 5. The maximum atomic E-state index is 12.9. The normalized spacial score (nSPS) is 11.1. The Labute approximate surface area is 153 Å². The van der Waals surface area contributed by atoms with Gasteiger partial charge in [0.25, 0.3) is 5.56 Å². The monoisotopic (exact) mass is 374 g/mol. The number of esters is 1. The molecule has 142 valence electrons. The van der Waals surface area contributed by atoms with Gasteiger partial charge in [-0.2, -0.15) is 0 Å². The molecule has 0 saturated heterocycles. The van der Waals surface area contributed by atoms with Crippen LogP contribution in [0.5, 0.6) is 0 Å². The predicted octanol–water partition coefficient (Wildman–Crippen LogP) is 1.72. The highest BCUT2D eigenvalue weighted by atomic mass is 19.1. The molecule has 2 aromatic heterocycles. The molecule has 2 heterocycles. The van der Waals surface area contributed by atoms with E-state index >= 15 is 0 Å². The summed E-state index contributed by atoms with van der Waals surface area (Å²) >= 11 is 0. The Morgan fingerprint density at radius 1 is 1.26 bits per heavy atom.